The number of ether oxygens (including phenoxy) is 2. The number of fused-ring (bicyclic) bond motifs is 1. The highest BCUT2D eigenvalue weighted by Gasteiger charge is 2.33. The largest absolute Gasteiger partial charge is 0.497 e. The lowest BCUT2D eigenvalue weighted by molar-refractivity contribution is -0.120. The Bertz CT molecular complexity index is 797. The van der Waals surface area contributed by atoms with E-state index in [-0.39, 0.29) is 11.8 Å². The number of carbonyl (C=O) groups excluding carboxylic acids is 2. The second-order valence-corrected chi connectivity index (χ2v) is 5.86. The molecule has 1 aliphatic rings. The van der Waals surface area contributed by atoms with E-state index in [0.29, 0.717) is 29.3 Å². The molecule has 0 fully saturated rings. The highest BCUT2D eigenvalue weighted by atomic mass is 16.5. The van der Waals surface area contributed by atoms with Crippen molar-refractivity contribution in [2.75, 3.05) is 19.5 Å². The molecule has 0 aliphatic carbocycles. The van der Waals surface area contributed by atoms with Crippen molar-refractivity contribution in [3.05, 3.63) is 53.6 Å². The second-order valence-electron chi connectivity index (χ2n) is 5.86. The van der Waals surface area contributed by atoms with E-state index in [4.69, 9.17) is 9.47 Å². The van der Waals surface area contributed by atoms with E-state index in [1.54, 1.807) is 50.3 Å². The summed E-state index contributed by atoms with van der Waals surface area (Å²) in [5, 5.41) is 2.82. The number of carbonyl (C=O) groups is 2. The van der Waals surface area contributed by atoms with Crippen LogP contribution in [0.5, 0.6) is 11.5 Å². The maximum atomic E-state index is 12.6. The van der Waals surface area contributed by atoms with Gasteiger partial charge in [0.05, 0.1) is 14.2 Å². The number of hydrogen-bond donors (Lipinski definition) is 1. The average Bonchev–Trinajstić information content (AvgIpc) is 2.97. The van der Waals surface area contributed by atoms with Crippen molar-refractivity contribution in [2.45, 2.75) is 19.5 Å². The van der Waals surface area contributed by atoms with Crippen LogP contribution in [0, 0.1) is 0 Å². The van der Waals surface area contributed by atoms with Crippen LogP contribution in [0.15, 0.2) is 42.5 Å². The molecule has 0 aromatic heterocycles. The summed E-state index contributed by atoms with van der Waals surface area (Å²) in [5.74, 6) is 0.761. The Labute approximate surface area is 146 Å². The topological polar surface area (TPSA) is 67.9 Å². The normalized spacial score (nSPS) is 14.0. The third-order valence-corrected chi connectivity index (χ3v) is 4.32. The summed E-state index contributed by atoms with van der Waals surface area (Å²) < 4.78 is 10.4. The van der Waals surface area contributed by atoms with Crippen LogP contribution in [0.2, 0.25) is 0 Å². The van der Waals surface area contributed by atoms with Gasteiger partial charge in [-0.05, 0) is 18.6 Å². The van der Waals surface area contributed by atoms with E-state index in [0.717, 1.165) is 5.56 Å². The Morgan fingerprint density at radius 3 is 2.36 bits per heavy atom. The minimum atomic E-state index is -0.600. The summed E-state index contributed by atoms with van der Waals surface area (Å²) in [4.78, 5) is 26.7. The number of amides is 2. The fraction of sp³-hybridized carbons (Fsp3) is 0.263. The zero-order valence-corrected chi connectivity index (χ0v) is 14.4. The maximum Gasteiger partial charge on any atom is 0.255 e. The number of nitrogens with zero attached hydrogens (tertiary/aromatic N) is 1. The first-order valence-corrected chi connectivity index (χ1v) is 7.96. The molecule has 2 amide bonds. The summed E-state index contributed by atoms with van der Waals surface area (Å²) in [6.45, 7) is 2.15. The lowest BCUT2D eigenvalue weighted by atomic mass is 10.1. The predicted molar refractivity (Wildman–Crippen MR) is 94.0 cm³/mol. The summed E-state index contributed by atoms with van der Waals surface area (Å²) in [6.07, 6.45) is 0. The number of rotatable bonds is 5. The average molecular weight is 340 g/mol. The van der Waals surface area contributed by atoms with E-state index in [9.17, 15) is 9.59 Å². The first kappa shape index (κ1) is 16.8. The van der Waals surface area contributed by atoms with E-state index < -0.39 is 6.04 Å². The Morgan fingerprint density at radius 1 is 1.12 bits per heavy atom. The van der Waals surface area contributed by atoms with Gasteiger partial charge >= 0.3 is 0 Å². The van der Waals surface area contributed by atoms with Crippen LogP contribution < -0.4 is 14.8 Å². The number of benzene rings is 2. The first-order chi connectivity index (χ1) is 12.0. The molecule has 2 aromatic rings. The third kappa shape index (κ3) is 3.28. The minimum Gasteiger partial charge on any atom is -0.497 e. The van der Waals surface area contributed by atoms with Gasteiger partial charge in [0.2, 0.25) is 5.91 Å². The van der Waals surface area contributed by atoms with Crippen LogP contribution in [-0.4, -0.2) is 37.0 Å². The zero-order chi connectivity index (χ0) is 18.0. The fourth-order valence-electron chi connectivity index (χ4n) is 2.86. The first-order valence-electron chi connectivity index (χ1n) is 7.96. The van der Waals surface area contributed by atoms with Crippen LogP contribution >= 0.6 is 0 Å². The monoisotopic (exact) mass is 340 g/mol. The predicted octanol–water partition coefficient (Wildman–Crippen LogP) is 2.69. The van der Waals surface area contributed by atoms with Gasteiger partial charge in [-0.15, -0.1) is 0 Å². The molecule has 130 valence electrons. The molecule has 0 bridgehead atoms. The molecule has 0 unspecified atom stereocenters. The zero-order valence-electron chi connectivity index (χ0n) is 14.4. The van der Waals surface area contributed by atoms with Crippen molar-refractivity contribution in [2.24, 2.45) is 0 Å². The highest BCUT2D eigenvalue weighted by Crippen LogP contribution is 2.27. The van der Waals surface area contributed by atoms with Crippen LogP contribution in [0.1, 0.15) is 22.8 Å². The Kier molecular flexibility index (Phi) is 4.61. The molecule has 0 saturated carbocycles. The summed E-state index contributed by atoms with van der Waals surface area (Å²) >= 11 is 0. The molecular weight excluding hydrogens is 320 g/mol. The molecule has 0 saturated heterocycles. The van der Waals surface area contributed by atoms with Crippen LogP contribution in [0.4, 0.5) is 5.69 Å². The van der Waals surface area contributed by atoms with Gasteiger partial charge in [0.15, 0.2) is 0 Å². The smallest absolute Gasteiger partial charge is 0.255 e. The van der Waals surface area contributed by atoms with Gasteiger partial charge in [0.1, 0.15) is 17.5 Å². The second kappa shape index (κ2) is 6.84. The molecule has 6 nitrogen and oxygen atoms in total. The Balaban J connectivity index is 1.75. The van der Waals surface area contributed by atoms with Crippen LogP contribution in [0.25, 0.3) is 0 Å². The number of methoxy groups -OCH3 is 2. The summed E-state index contributed by atoms with van der Waals surface area (Å²) in [7, 11) is 3.09. The molecule has 3 rings (SSSR count). The quantitative estimate of drug-likeness (QED) is 0.909. The number of nitrogens with one attached hydrogen (secondary N) is 1. The standard InChI is InChI=1S/C19H20N2O4/c1-12(21-11-13-6-4-5-7-17(13)19(21)23)18(22)20-14-8-15(24-2)10-16(9-14)25-3/h4-10,12H,11H2,1-3H3,(H,20,22)/t12-/m1/s1. The molecule has 1 atom stereocenters. The Morgan fingerprint density at radius 2 is 1.76 bits per heavy atom. The lowest BCUT2D eigenvalue weighted by Gasteiger charge is -2.23. The van der Waals surface area contributed by atoms with Crippen LogP contribution in [-0.2, 0) is 11.3 Å². The van der Waals surface area contributed by atoms with Gasteiger partial charge in [-0.3, -0.25) is 9.59 Å². The van der Waals surface area contributed by atoms with Gasteiger partial charge in [-0.2, -0.15) is 0 Å². The summed E-state index contributed by atoms with van der Waals surface area (Å²) in [5.41, 5.74) is 2.15. The molecule has 6 heteroatoms. The molecule has 25 heavy (non-hydrogen) atoms. The van der Waals surface area contributed by atoms with Crippen molar-refractivity contribution in [3.63, 3.8) is 0 Å². The number of hydrogen-bond acceptors (Lipinski definition) is 4. The van der Waals surface area contributed by atoms with E-state index in [1.807, 2.05) is 18.2 Å². The number of anilines is 1. The van der Waals surface area contributed by atoms with Gasteiger partial charge in [-0.1, -0.05) is 18.2 Å². The van der Waals surface area contributed by atoms with Crippen molar-refractivity contribution in [1.82, 2.24) is 4.90 Å². The molecule has 1 heterocycles. The van der Waals surface area contributed by atoms with Gasteiger partial charge < -0.3 is 19.7 Å². The van der Waals surface area contributed by atoms with Crippen molar-refractivity contribution < 1.29 is 19.1 Å². The summed E-state index contributed by atoms with van der Waals surface area (Å²) in [6, 6.07) is 11.9. The van der Waals surface area contributed by atoms with Crippen molar-refractivity contribution >= 4 is 17.5 Å². The Hall–Kier alpha value is -3.02. The van der Waals surface area contributed by atoms with Crippen molar-refractivity contribution in [3.8, 4) is 11.5 Å². The molecule has 1 aliphatic heterocycles. The molecule has 0 radical (unpaired) electrons. The lowest BCUT2D eigenvalue weighted by Crippen LogP contribution is -2.42. The van der Waals surface area contributed by atoms with Gasteiger partial charge in [-0.25, -0.2) is 0 Å². The molecule has 1 N–H and O–H groups in total. The maximum absolute atomic E-state index is 12.6. The minimum absolute atomic E-state index is 0.124. The van der Waals surface area contributed by atoms with E-state index >= 15 is 0 Å². The molecule has 2 aromatic carbocycles. The van der Waals surface area contributed by atoms with Crippen LogP contribution in [0.3, 0.4) is 0 Å². The van der Waals surface area contributed by atoms with Crippen molar-refractivity contribution in [1.29, 1.82) is 0 Å². The highest BCUT2D eigenvalue weighted by molar-refractivity contribution is 6.03. The SMILES string of the molecule is COc1cc(NC(=O)[C@@H](C)N2Cc3ccccc3C2=O)cc(OC)c1. The van der Waals surface area contributed by atoms with E-state index in [2.05, 4.69) is 5.32 Å². The fourth-order valence-corrected chi connectivity index (χ4v) is 2.86. The third-order valence-electron chi connectivity index (χ3n) is 4.32. The van der Waals surface area contributed by atoms with Gasteiger partial charge in [0, 0.05) is 36.0 Å². The molecule has 0 spiro atoms. The van der Waals surface area contributed by atoms with E-state index in [1.165, 1.54) is 0 Å². The molecular formula is C19H20N2O4. The van der Waals surface area contributed by atoms with Gasteiger partial charge in [0.25, 0.3) is 5.91 Å².